The van der Waals surface area contributed by atoms with E-state index in [1.54, 1.807) is 6.92 Å². The smallest absolute Gasteiger partial charge is 0.348 e. The van der Waals surface area contributed by atoms with E-state index in [1.807, 2.05) is 0 Å². The Morgan fingerprint density at radius 2 is 1.92 bits per heavy atom. The number of aromatic nitrogens is 1. The van der Waals surface area contributed by atoms with Crippen molar-refractivity contribution in [3.8, 4) is 0 Å². The molecule has 0 spiro atoms. The van der Waals surface area contributed by atoms with Crippen molar-refractivity contribution in [2.24, 2.45) is 0 Å². The van der Waals surface area contributed by atoms with Crippen molar-refractivity contribution < 1.29 is 27.2 Å². The van der Waals surface area contributed by atoms with Crippen LogP contribution in [-0.2, 0) is 23.9 Å². The molecule has 0 aliphatic heterocycles. The minimum atomic E-state index is -4.81. The van der Waals surface area contributed by atoms with Crippen LogP contribution in [0.5, 0.6) is 0 Å². The average Bonchev–Trinajstić information content (AvgIpc) is 2.59. The number of halogens is 4. The van der Waals surface area contributed by atoms with Crippen LogP contribution in [0.4, 0.5) is 17.6 Å². The minimum Gasteiger partial charge on any atom is -0.348 e. The molecular formula is C18H16F4N2O2. The van der Waals surface area contributed by atoms with Gasteiger partial charge in [-0.3, -0.25) is 14.6 Å². The van der Waals surface area contributed by atoms with E-state index in [0.717, 1.165) is 6.07 Å². The van der Waals surface area contributed by atoms with Gasteiger partial charge in [-0.2, -0.15) is 13.2 Å². The zero-order chi connectivity index (χ0) is 19.3. The van der Waals surface area contributed by atoms with Gasteiger partial charge in [0.25, 0.3) is 5.91 Å². The predicted octanol–water partition coefficient (Wildman–Crippen LogP) is 3.69. The molecule has 26 heavy (non-hydrogen) atoms. The standard InChI is InChI=1S/C18H16F4N2O2/c1-2-14(25)9-13-8-11(6-7-23-13)17(26)24-10-12-4-3-5-15(16(12)19)18(20,21)22/h3-8H,2,9-10H2,1H3,(H,24,26). The number of carbonyl (C=O) groups is 2. The van der Waals surface area contributed by atoms with Gasteiger partial charge in [0.15, 0.2) is 0 Å². The summed E-state index contributed by atoms with van der Waals surface area (Å²) in [6.07, 6.45) is -3.03. The molecule has 8 heteroatoms. The number of hydrogen-bond acceptors (Lipinski definition) is 3. The number of ketones is 1. The number of alkyl halides is 3. The number of hydrogen-bond donors (Lipinski definition) is 1. The van der Waals surface area contributed by atoms with Gasteiger partial charge in [0, 0.05) is 42.4 Å². The highest BCUT2D eigenvalue weighted by molar-refractivity contribution is 5.94. The fourth-order valence-corrected chi connectivity index (χ4v) is 2.26. The summed E-state index contributed by atoms with van der Waals surface area (Å²) in [6.45, 7) is 1.31. The Bertz CT molecular complexity index is 819. The summed E-state index contributed by atoms with van der Waals surface area (Å²) in [5, 5.41) is 2.37. The van der Waals surface area contributed by atoms with Gasteiger partial charge in [-0.25, -0.2) is 4.39 Å². The third kappa shape index (κ3) is 4.87. The van der Waals surface area contributed by atoms with Crippen LogP contribution in [0.3, 0.4) is 0 Å². The van der Waals surface area contributed by atoms with Crippen molar-refractivity contribution >= 4 is 11.7 Å². The van der Waals surface area contributed by atoms with Crippen molar-refractivity contribution in [1.29, 1.82) is 0 Å². The second-order valence-corrected chi connectivity index (χ2v) is 5.56. The molecule has 138 valence electrons. The Morgan fingerprint density at radius 1 is 1.19 bits per heavy atom. The van der Waals surface area contributed by atoms with Crippen LogP contribution in [0, 0.1) is 5.82 Å². The lowest BCUT2D eigenvalue weighted by atomic mass is 10.1. The molecule has 1 aromatic heterocycles. The molecule has 1 heterocycles. The molecule has 0 unspecified atom stereocenters. The predicted molar refractivity (Wildman–Crippen MR) is 85.8 cm³/mol. The lowest BCUT2D eigenvalue weighted by Crippen LogP contribution is -2.24. The van der Waals surface area contributed by atoms with Crippen molar-refractivity contribution in [3.05, 3.63) is 64.7 Å². The number of benzene rings is 1. The molecule has 1 amide bonds. The zero-order valence-corrected chi connectivity index (χ0v) is 13.9. The average molecular weight is 368 g/mol. The number of carbonyl (C=O) groups excluding carboxylic acids is 2. The number of nitrogens with one attached hydrogen (secondary N) is 1. The van der Waals surface area contributed by atoms with E-state index in [0.29, 0.717) is 18.2 Å². The molecule has 0 saturated heterocycles. The second-order valence-electron chi connectivity index (χ2n) is 5.56. The molecule has 1 aromatic carbocycles. The van der Waals surface area contributed by atoms with Crippen LogP contribution in [0.1, 0.15) is 40.5 Å². The summed E-state index contributed by atoms with van der Waals surface area (Å²) < 4.78 is 52.1. The van der Waals surface area contributed by atoms with E-state index < -0.39 is 30.0 Å². The molecular weight excluding hydrogens is 352 g/mol. The highest BCUT2D eigenvalue weighted by Crippen LogP contribution is 2.32. The van der Waals surface area contributed by atoms with Gasteiger partial charge >= 0.3 is 6.18 Å². The first kappa shape index (κ1) is 19.6. The summed E-state index contributed by atoms with van der Waals surface area (Å²) in [5.74, 6) is -2.06. The molecule has 2 rings (SSSR count). The molecule has 0 saturated carbocycles. The van der Waals surface area contributed by atoms with E-state index in [9.17, 15) is 27.2 Å². The first-order valence-corrected chi connectivity index (χ1v) is 7.81. The van der Waals surface area contributed by atoms with E-state index in [1.165, 1.54) is 24.4 Å². The SMILES string of the molecule is CCC(=O)Cc1cc(C(=O)NCc2cccc(C(F)(F)F)c2F)ccn1. The van der Waals surface area contributed by atoms with Crippen molar-refractivity contribution in [1.82, 2.24) is 10.3 Å². The first-order chi connectivity index (χ1) is 12.2. The van der Waals surface area contributed by atoms with E-state index in [-0.39, 0.29) is 23.3 Å². The van der Waals surface area contributed by atoms with Gasteiger partial charge in [-0.15, -0.1) is 0 Å². The fraction of sp³-hybridized carbons (Fsp3) is 0.278. The maximum absolute atomic E-state index is 13.9. The third-order valence-electron chi connectivity index (χ3n) is 3.67. The number of nitrogens with zero attached hydrogens (tertiary/aromatic N) is 1. The molecule has 0 aliphatic rings. The van der Waals surface area contributed by atoms with Crippen LogP contribution < -0.4 is 5.32 Å². The summed E-state index contributed by atoms with van der Waals surface area (Å²) >= 11 is 0. The van der Waals surface area contributed by atoms with Crippen LogP contribution in [0.15, 0.2) is 36.5 Å². The number of pyridine rings is 1. The van der Waals surface area contributed by atoms with Crippen molar-refractivity contribution in [2.45, 2.75) is 32.5 Å². The maximum atomic E-state index is 13.9. The van der Waals surface area contributed by atoms with Crippen LogP contribution in [0.2, 0.25) is 0 Å². The third-order valence-corrected chi connectivity index (χ3v) is 3.67. The van der Waals surface area contributed by atoms with Crippen molar-refractivity contribution in [2.75, 3.05) is 0 Å². The van der Waals surface area contributed by atoms with Gasteiger partial charge in [0.05, 0.1) is 5.56 Å². The minimum absolute atomic E-state index is 0.0407. The summed E-state index contributed by atoms with van der Waals surface area (Å²) in [4.78, 5) is 27.6. The van der Waals surface area contributed by atoms with Crippen LogP contribution in [0.25, 0.3) is 0 Å². The number of amides is 1. The topological polar surface area (TPSA) is 59.1 Å². The summed E-state index contributed by atoms with van der Waals surface area (Å²) in [5.41, 5.74) is -1.06. The Labute approximate surface area is 147 Å². The van der Waals surface area contributed by atoms with E-state index in [4.69, 9.17) is 0 Å². The normalized spacial score (nSPS) is 11.3. The summed E-state index contributed by atoms with van der Waals surface area (Å²) in [6, 6.07) is 5.71. The van der Waals surface area contributed by atoms with E-state index in [2.05, 4.69) is 10.3 Å². The first-order valence-electron chi connectivity index (χ1n) is 7.81. The highest BCUT2D eigenvalue weighted by atomic mass is 19.4. The Kier molecular flexibility index (Phi) is 6.07. The fourth-order valence-electron chi connectivity index (χ4n) is 2.26. The molecule has 1 N–H and O–H groups in total. The molecule has 0 bridgehead atoms. The molecule has 4 nitrogen and oxygen atoms in total. The molecule has 2 aromatic rings. The Morgan fingerprint density at radius 3 is 2.58 bits per heavy atom. The lowest BCUT2D eigenvalue weighted by Gasteiger charge is -2.12. The molecule has 0 atom stereocenters. The largest absolute Gasteiger partial charge is 0.419 e. The lowest BCUT2D eigenvalue weighted by molar-refractivity contribution is -0.140. The van der Waals surface area contributed by atoms with Gasteiger partial charge < -0.3 is 5.32 Å². The van der Waals surface area contributed by atoms with Crippen molar-refractivity contribution in [3.63, 3.8) is 0 Å². The quantitative estimate of drug-likeness (QED) is 0.791. The van der Waals surface area contributed by atoms with Crippen LogP contribution in [-0.4, -0.2) is 16.7 Å². The Balaban J connectivity index is 2.10. The molecule has 0 aliphatic carbocycles. The van der Waals surface area contributed by atoms with E-state index >= 15 is 0 Å². The maximum Gasteiger partial charge on any atom is 0.419 e. The highest BCUT2D eigenvalue weighted by Gasteiger charge is 2.34. The van der Waals surface area contributed by atoms with Gasteiger partial charge in [0.2, 0.25) is 0 Å². The van der Waals surface area contributed by atoms with Crippen LogP contribution >= 0.6 is 0 Å². The van der Waals surface area contributed by atoms with Gasteiger partial charge in [-0.1, -0.05) is 19.1 Å². The zero-order valence-electron chi connectivity index (χ0n) is 13.9. The monoisotopic (exact) mass is 368 g/mol. The van der Waals surface area contributed by atoms with Gasteiger partial charge in [0.1, 0.15) is 11.6 Å². The second kappa shape index (κ2) is 8.07. The Hall–Kier alpha value is -2.77. The molecule has 0 radical (unpaired) electrons. The number of Topliss-reactive ketones (excluding diaryl/α,β-unsaturated/α-hetero) is 1. The summed E-state index contributed by atoms with van der Waals surface area (Å²) in [7, 11) is 0. The van der Waals surface area contributed by atoms with Gasteiger partial charge in [-0.05, 0) is 18.2 Å². The number of rotatable bonds is 6. The molecule has 0 fully saturated rings.